The summed E-state index contributed by atoms with van der Waals surface area (Å²) in [5.41, 5.74) is 0.972. The van der Waals surface area contributed by atoms with Gasteiger partial charge in [-0.05, 0) is 18.1 Å². The maximum atomic E-state index is 11.6. The van der Waals surface area contributed by atoms with Gasteiger partial charge in [-0.1, -0.05) is 37.3 Å². The number of carbonyl (C=O) groups excluding carboxylic acids is 1. The van der Waals surface area contributed by atoms with Gasteiger partial charge in [0.15, 0.2) is 6.29 Å². The van der Waals surface area contributed by atoms with E-state index in [9.17, 15) is 4.79 Å². The number of esters is 1. The first-order valence-electron chi connectivity index (χ1n) is 6.91. The normalized spacial score (nSPS) is 22.9. The second kappa shape index (κ2) is 7.82. The molecular formula is C16H20O4. The van der Waals surface area contributed by atoms with Crippen LogP contribution in [0.5, 0.6) is 0 Å². The van der Waals surface area contributed by atoms with E-state index in [0.717, 1.165) is 12.0 Å². The standard InChI is InChI=1S/C16H20O4/c1-2-16-19-11-14(12-20-16)10-18-15(17)9-8-13-6-4-3-5-7-13/h3-9,14,16H,2,10-12H2,1H3. The summed E-state index contributed by atoms with van der Waals surface area (Å²) < 4.78 is 16.1. The van der Waals surface area contributed by atoms with Crippen molar-refractivity contribution in [3.05, 3.63) is 42.0 Å². The summed E-state index contributed by atoms with van der Waals surface area (Å²) in [6, 6.07) is 9.63. The zero-order chi connectivity index (χ0) is 14.2. The highest BCUT2D eigenvalue weighted by atomic mass is 16.7. The predicted molar refractivity (Wildman–Crippen MR) is 75.9 cm³/mol. The lowest BCUT2D eigenvalue weighted by atomic mass is 10.2. The van der Waals surface area contributed by atoms with Crippen LogP contribution in [0.2, 0.25) is 0 Å². The third-order valence-electron chi connectivity index (χ3n) is 3.04. The van der Waals surface area contributed by atoms with Crippen LogP contribution in [-0.4, -0.2) is 32.1 Å². The van der Waals surface area contributed by atoms with Gasteiger partial charge in [0.05, 0.1) is 19.8 Å². The van der Waals surface area contributed by atoms with E-state index in [-0.39, 0.29) is 18.2 Å². The van der Waals surface area contributed by atoms with Crippen molar-refractivity contribution >= 4 is 12.0 Å². The Morgan fingerprint density at radius 3 is 2.65 bits per heavy atom. The molecule has 0 radical (unpaired) electrons. The molecule has 2 rings (SSSR count). The van der Waals surface area contributed by atoms with Crippen LogP contribution >= 0.6 is 0 Å². The molecule has 108 valence electrons. The van der Waals surface area contributed by atoms with Crippen molar-refractivity contribution in [3.8, 4) is 0 Å². The van der Waals surface area contributed by atoms with Crippen LogP contribution in [0.15, 0.2) is 36.4 Å². The van der Waals surface area contributed by atoms with Crippen LogP contribution in [0.3, 0.4) is 0 Å². The van der Waals surface area contributed by atoms with E-state index >= 15 is 0 Å². The van der Waals surface area contributed by atoms with E-state index in [4.69, 9.17) is 14.2 Å². The molecule has 0 aliphatic carbocycles. The highest BCUT2D eigenvalue weighted by Crippen LogP contribution is 2.13. The first kappa shape index (κ1) is 14.8. The maximum absolute atomic E-state index is 11.6. The maximum Gasteiger partial charge on any atom is 0.330 e. The third-order valence-corrected chi connectivity index (χ3v) is 3.04. The van der Waals surface area contributed by atoms with Crippen molar-refractivity contribution in [1.29, 1.82) is 0 Å². The summed E-state index contributed by atoms with van der Waals surface area (Å²) in [5.74, 6) is -0.224. The Balaban J connectivity index is 1.69. The number of carbonyl (C=O) groups is 1. The molecule has 1 aliphatic rings. The summed E-state index contributed by atoms with van der Waals surface area (Å²) in [7, 11) is 0. The molecule has 1 heterocycles. The number of benzene rings is 1. The molecule has 0 unspecified atom stereocenters. The first-order chi connectivity index (χ1) is 9.78. The summed E-state index contributed by atoms with van der Waals surface area (Å²) in [5, 5.41) is 0. The van der Waals surface area contributed by atoms with Crippen LogP contribution in [-0.2, 0) is 19.0 Å². The summed E-state index contributed by atoms with van der Waals surface area (Å²) in [4.78, 5) is 11.6. The second-order valence-corrected chi connectivity index (χ2v) is 4.74. The molecule has 0 bridgehead atoms. The van der Waals surface area contributed by atoms with Crippen LogP contribution in [0.25, 0.3) is 6.08 Å². The Morgan fingerprint density at radius 2 is 2.00 bits per heavy atom. The van der Waals surface area contributed by atoms with Crippen LogP contribution in [0.1, 0.15) is 18.9 Å². The fourth-order valence-electron chi connectivity index (χ4n) is 1.89. The Hall–Kier alpha value is -1.65. The van der Waals surface area contributed by atoms with Gasteiger partial charge >= 0.3 is 5.97 Å². The average molecular weight is 276 g/mol. The number of hydrogen-bond donors (Lipinski definition) is 0. The lowest BCUT2D eigenvalue weighted by Gasteiger charge is -2.28. The molecule has 1 fully saturated rings. The number of hydrogen-bond acceptors (Lipinski definition) is 4. The van der Waals surface area contributed by atoms with Gasteiger partial charge in [-0.3, -0.25) is 0 Å². The van der Waals surface area contributed by atoms with Crippen molar-refractivity contribution in [1.82, 2.24) is 0 Å². The molecule has 0 saturated carbocycles. The lowest BCUT2D eigenvalue weighted by molar-refractivity contribution is -0.207. The SMILES string of the molecule is CCC1OCC(COC(=O)C=Cc2ccccc2)CO1. The molecule has 20 heavy (non-hydrogen) atoms. The van der Waals surface area contributed by atoms with Crippen molar-refractivity contribution < 1.29 is 19.0 Å². The van der Waals surface area contributed by atoms with Gasteiger partial charge in [-0.15, -0.1) is 0 Å². The van der Waals surface area contributed by atoms with E-state index in [1.54, 1.807) is 6.08 Å². The van der Waals surface area contributed by atoms with Crippen molar-refractivity contribution in [2.45, 2.75) is 19.6 Å². The third kappa shape index (κ3) is 4.79. The van der Waals surface area contributed by atoms with Crippen LogP contribution in [0.4, 0.5) is 0 Å². The van der Waals surface area contributed by atoms with Gasteiger partial charge < -0.3 is 14.2 Å². The van der Waals surface area contributed by atoms with E-state index < -0.39 is 0 Å². The summed E-state index contributed by atoms with van der Waals surface area (Å²) >= 11 is 0. The zero-order valence-electron chi connectivity index (χ0n) is 11.7. The number of rotatable bonds is 5. The molecule has 4 heteroatoms. The highest BCUT2D eigenvalue weighted by Gasteiger charge is 2.21. The predicted octanol–water partition coefficient (Wildman–Crippen LogP) is 2.64. The average Bonchev–Trinajstić information content (AvgIpc) is 2.52. The topological polar surface area (TPSA) is 44.8 Å². The fourth-order valence-corrected chi connectivity index (χ4v) is 1.89. The largest absolute Gasteiger partial charge is 0.462 e. The van der Waals surface area contributed by atoms with Crippen LogP contribution in [0, 0.1) is 5.92 Å². The Morgan fingerprint density at radius 1 is 1.30 bits per heavy atom. The van der Waals surface area contributed by atoms with Gasteiger partial charge in [0.1, 0.15) is 0 Å². The van der Waals surface area contributed by atoms with Crippen molar-refractivity contribution in [2.75, 3.05) is 19.8 Å². The molecule has 1 aromatic rings. The first-order valence-corrected chi connectivity index (χ1v) is 6.91. The smallest absolute Gasteiger partial charge is 0.330 e. The van der Waals surface area contributed by atoms with Gasteiger partial charge in [0.25, 0.3) is 0 Å². The molecule has 0 atom stereocenters. The fraction of sp³-hybridized carbons (Fsp3) is 0.438. The minimum atomic E-state index is -0.341. The molecule has 0 aromatic heterocycles. The van der Waals surface area contributed by atoms with Gasteiger partial charge in [0, 0.05) is 12.0 Å². The molecular weight excluding hydrogens is 256 g/mol. The molecule has 1 saturated heterocycles. The molecule has 1 aromatic carbocycles. The van der Waals surface area contributed by atoms with E-state index in [2.05, 4.69) is 0 Å². The highest BCUT2D eigenvalue weighted by molar-refractivity contribution is 5.87. The minimum absolute atomic E-state index is 0.111. The molecule has 0 N–H and O–H groups in total. The Kier molecular flexibility index (Phi) is 5.77. The summed E-state index contributed by atoms with van der Waals surface area (Å²) in [6.07, 6.45) is 3.91. The number of ether oxygens (including phenoxy) is 3. The van der Waals surface area contributed by atoms with Crippen molar-refractivity contribution in [2.24, 2.45) is 5.92 Å². The van der Waals surface area contributed by atoms with Gasteiger partial charge in [-0.25, -0.2) is 4.79 Å². The van der Waals surface area contributed by atoms with E-state index in [1.165, 1.54) is 6.08 Å². The van der Waals surface area contributed by atoms with Gasteiger partial charge in [-0.2, -0.15) is 0 Å². The van der Waals surface area contributed by atoms with Crippen molar-refractivity contribution in [3.63, 3.8) is 0 Å². The summed E-state index contributed by atoms with van der Waals surface area (Å²) in [6.45, 7) is 3.50. The lowest BCUT2D eigenvalue weighted by Crippen LogP contribution is -2.34. The minimum Gasteiger partial charge on any atom is -0.462 e. The Labute approximate surface area is 119 Å². The molecule has 4 nitrogen and oxygen atoms in total. The molecule has 0 spiro atoms. The molecule has 1 aliphatic heterocycles. The second-order valence-electron chi connectivity index (χ2n) is 4.74. The monoisotopic (exact) mass is 276 g/mol. The van der Waals surface area contributed by atoms with Crippen LogP contribution < -0.4 is 0 Å². The van der Waals surface area contributed by atoms with E-state index in [0.29, 0.717) is 19.8 Å². The molecule has 0 amide bonds. The quantitative estimate of drug-likeness (QED) is 0.612. The van der Waals surface area contributed by atoms with Gasteiger partial charge in [0.2, 0.25) is 0 Å². The Bertz CT molecular complexity index is 433. The zero-order valence-corrected chi connectivity index (χ0v) is 11.7. The van der Waals surface area contributed by atoms with E-state index in [1.807, 2.05) is 37.3 Å².